The Morgan fingerprint density at radius 1 is 0.272 bits per heavy atom. The molecule has 612 valence electrons. The van der Waals surface area contributed by atoms with Crippen LogP contribution >= 0.6 is 15.6 Å². The quantitative estimate of drug-likeness (QED) is 0.0222. The van der Waals surface area contributed by atoms with E-state index in [0.29, 0.717) is 25.7 Å². The van der Waals surface area contributed by atoms with Gasteiger partial charge in [0.15, 0.2) is 12.2 Å². The number of hydrogen-bond donors (Lipinski definition) is 3. The fourth-order valence-electron chi connectivity index (χ4n) is 12.9. The number of hydrogen-bond acceptors (Lipinski definition) is 15. The molecule has 3 N–H and O–H groups in total. The standard InChI is InChI=1S/C84H164O17P2/c1-9-77(8)63-55-47-42-43-49-57-65-82(87)95-71-80(101-84(89)67-59-51-41-35-29-23-22-26-32-38-46-54-62-76(6)7)73-99-103(92,93)97-69-78(85)68-96-102(90,91)98-72-79(100-83(88)66-58-50-40-34-28-21-17-16-19-25-31-37-45-53-61-75(4)5)70-94-81(86)64-56-48-39-33-27-20-15-13-11-10-12-14-18-24-30-36-44-52-60-74(2)3/h74-80,85H,9-73H2,1-8H3,(H,90,91)(H,92,93)/t77?,78-,79-,80-/m1/s1. The van der Waals surface area contributed by atoms with Crippen molar-refractivity contribution in [1.29, 1.82) is 0 Å². The van der Waals surface area contributed by atoms with Crippen molar-refractivity contribution in [1.82, 2.24) is 0 Å². The molecule has 0 aliphatic rings. The Kier molecular flexibility index (Phi) is 71.5. The summed E-state index contributed by atoms with van der Waals surface area (Å²) in [4.78, 5) is 73.1. The van der Waals surface area contributed by atoms with Crippen molar-refractivity contribution in [3.8, 4) is 0 Å². The van der Waals surface area contributed by atoms with Crippen molar-refractivity contribution in [3.05, 3.63) is 0 Å². The molecule has 0 aliphatic carbocycles. The highest BCUT2D eigenvalue weighted by atomic mass is 31.2. The van der Waals surface area contributed by atoms with Crippen LogP contribution in [0, 0.1) is 23.7 Å². The van der Waals surface area contributed by atoms with Crippen LogP contribution in [-0.2, 0) is 65.4 Å². The Morgan fingerprint density at radius 2 is 0.466 bits per heavy atom. The molecular weight excluding hydrogens is 1340 g/mol. The third kappa shape index (κ3) is 76.6. The summed E-state index contributed by atoms with van der Waals surface area (Å²) in [7, 11) is -9.93. The molecule has 19 heteroatoms. The minimum atomic E-state index is -4.97. The van der Waals surface area contributed by atoms with Gasteiger partial charge in [0.2, 0.25) is 0 Å². The maximum absolute atomic E-state index is 13.1. The number of phosphoric ester groups is 2. The van der Waals surface area contributed by atoms with Crippen LogP contribution in [0.4, 0.5) is 0 Å². The van der Waals surface area contributed by atoms with Crippen LogP contribution in [0.5, 0.6) is 0 Å². The Balaban J connectivity index is 5.23. The minimum Gasteiger partial charge on any atom is -0.462 e. The van der Waals surface area contributed by atoms with Crippen LogP contribution in [0.25, 0.3) is 0 Å². The molecule has 0 rings (SSSR count). The van der Waals surface area contributed by atoms with E-state index in [4.69, 9.17) is 37.0 Å². The molecule has 0 radical (unpaired) electrons. The molecule has 17 nitrogen and oxygen atoms in total. The largest absolute Gasteiger partial charge is 0.472 e. The van der Waals surface area contributed by atoms with Gasteiger partial charge in [-0.1, -0.05) is 383 Å². The number of esters is 4. The minimum absolute atomic E-state index is 0.106. The van der Waals surface area contributed by atoms with E-state index in [1.54, 1.807) is 0 Å². The van der Waals surface area contributed by atoms with Crippen molar-refractivity contribution >= 4 is 39.5 Å². The average molecular weight is 1510 g/mol. The predicted molar refractivity (Wildman–Crippen MR) is 423 cm³/mol. The molecule has 0 aliphatic heterocycles. The molecule has 0 aromatic rings. The molecule has 0 heterocycles. The highest BCUT2D eigenvalue weighted by molar-refractivity contribution is 7.47. The molecule has 3 unspecified atom stereocenters. The molecule has 0 amide bonds. The molecule has 6 atom stereocenters. The lowest BCUT2D eigenvalue weighted by atomic mass is 10.00. The van der Waals surface area contributed by atoms with Gasteiger partial charge in [-0.25, -0.2) is 9.13 Å². The lowest BCUT2D eigenvalue weighted by Gasteiger charge is -2.21. The van der Waals surface area contributed by atoms with Gasteiger partial charge in [0.1, 0.15) is 19.3 Å². The molecule has 0 saturated heterocycles. The number of phosphoric acid groups is 2. The van der Waals surface area contributed by atoms with Gasteiger partial charge in [0.25, 0.3) is 0 Å². The summed E-state index contributed by atoms with van der Waals surface area (Å²) in [5, 5.41) is 10.7. The zero-order valence-electron chi connectivity index (χ0n) is 68.0. The first-order chi connectivity index (χ1) is 49.6. The van der Waals surface area contributed by atoms with Gasteiger partial charge in [-0.3, -0.25) is 37.3 Å². The zero-order chi connectivity index (χ0) is 76.0. The molecule has 103 heavy (non-hydrogen) atoms. The highest BCUT2D eigenvalue weighted by Gasteiger charge is 2.30. The van der Waals surface area contributed by atoms with Gasteiger partial charge in [-0.05, 0) is 49.4 Å². The summed E-state index contributed by atoms with van der Waals surface area (Å²) >= 11 is 0. The number of unbranched alkanes of at least 4 members (excludes halogenated alkanes) is 46. The third-order valence-electron chi connectivity index (χ3n) is 19.9. The highest BCUT2D eigenvalue weighted by Crippen LogP contribution is 2.45. The Bertz CT molecular complexity index is 2010. The maximum Gasteiger partial charge on any atom is 0.472 e. The Morgan fingerprint density at radius 3 is 0.689 bits per heavy atom. The van der Waals surface area contributed by atoms with E-state index in [-0.39, 0.29) is 25.7 Å². The second kappa shape index (κ2) is 72.9. The Hall–Kier alpha value is -1.94. The summed E-state index contributed by atoms with van der Waals surface area (Å²) in [6, 6.07) is 0. The van der Waals surface area contributed by atoms with Crippen LogP contribution in [0.3, 0.4) is 0 Å². The number of carbonyl (C=O) groups excluding carboxylic acids is 4. The van der Waals surface area contributed by atoms with Crippen LogP contribution in [0.1, 0.15) is 434 Å². The second-order valence-corrected chi connectivity index (χ2v) is 34.8. The average Bonchev–Trinajstić information content (AvgIpc) is 0.913. The fraction of sp³-hybridized carbons (Fsp3) is 0.952. The number of carbonyl (C=O) groups is 4. The molecule has 0 saturated carbocycles. The van der Waals surface area contributed by atoms with Gasteiger partial charge >= 0.3 is 39.5 Å². The van der Waals surface area contributed by atoms with Crippen LogP contribution in [0.15, 0.2) is 0 Å². The van der Waals surface area contributed by atoms with Gasteiger partial charge < -0.3 is 33.8 Å². The summed E-state index contributed by atoms with van der Waals surface area (Å²) in [5.74, 6) is 1.01. The molecule has 0 spiro atoms. The topological polar surface area (TPSA) is 237 Å². The van der Waals surface area contributed by atoms with Crippen molar-refractivity contribution in [2.45, 2.75) is 453 Å². The van der Waals surface area contributed by atoms with E-state index in [1.165, 1.54) is 231 Å². The van der Waals surface area contributed by atoms with Crippen LogP contribution in [0.2, 0.25) is 0 Å². The normalized spacial score (nSPS) is 14.2. The molecule has 0 bridgehead atoms. The van der Waals surface area contributed by atoms with Crippen molar-refractivity contribution in [2.24, 2.45) is 23.7 Å². The van der Waals surface area contributed by atoms with Gasteiger partial charge in [-0.15, -0.1) is 0 Å². The first-order valence-electron chi connectivity index (χ1n) is 43.2. The zero-order valence-corrected chi connectivity index (χ0v) is 69.7. The molecule has 0 fully saturated rings. The molecular formula is C84H164O17P2. The first-order valence-corrected chi connectivity index (χ1v) is 46.2. The van der Waals surface area contributed by atoms with Crippen molar-refractivity contribution in [2.75, 3.05) is 39.6 Å². The molecule has 0 aromatic carbocycles. The van der Waals surface area contributed by atoms with Gasteiger partial charge in [0.05, 0.1) is 26.4 Å². The van der Waals surface area contributed by atoms with E-state index in [1.807, 2.05) is 0 Å². The van der Waals surface area contributed by atoms with E-state index in [9.17, 15) is 43.2 Å². The number of aliphatic hydroxyl groups excluding tert-OH is 1. The summed E-state index contributed by atoms with van der Waals surface area (Å²) in [6.45, 7) is 14.3. The third-order valence-corrected chi connectivity index (χ3v) is 21.8. The van der Waals surface area contributed by atoms with Gasteiger partial charge in [0, 0.05) is 25.7 Å². The van der Waals surface area contributed by atoms with E-state index in [2.05, 4.69) is 55.4 Å². The molecule has 0 aromatic heterocycles. The predicted octanol–water partition coefficient (Wildman–Crippen LogP) is 25.2. The van der Waals surface area contributed by atoms with Crippen molar-refractivity contribution < 1.29 is 80.2 Å². The lowest BCUT2D eigenvalue weighted by Crippen LogP contribution is -2.30. The smallest absolute Gasteiger partial charge is 0.462 e. The number of aliphatic hydroxyl groups is 1. The summed E-state index contributed by atoms with van der Waals surface area (Å²) in [6.07, 6.45) is 61.1. The maximum atomic E-state index is 13.1. The van der Waals surface area contributed by atoms with Gasteiger partial charge in [-0.2, -0.15) is 0 Å². The monoisotopic (exact) mass is 1510 g/mol. The fourth-order valence-corrected chi connectivity index (χ4v) is 14.5. The number of rotatable bonds is 81. The lowest BCUT2D eigenvalue weighted by molar-refractivity contribution is -0.161. The Labute approximate surface area is 632 Å². The van der Waals surface area contributed by atoms with Crippen LogP contribution < -0.4 is 0 Å². The summed E-state index contributed by atoms with van der Waals surface area (Å²) in [5.41, 5.74) is 0. The van der Waals surface area contributed by atoms with Crippen molar-refractivity contribution in [3.63, 3.8) is 0 Å². The van der Waals surface area contributed by atoms with E-state index < -0.39 is 97.5 Å². The SMILES string of the molecule is CCC(C)CCCCCCCCC(=O)OC[C@H](COP(=O)(O)OC[C@H](O)COP(=O)(O)OC[C@@H](COC(=O)CCCCCCCCCCCCCCCCCCCCC(C)C)OC(=O)CCCCCCCCCCCCCCCCC(C)C)OC(=O)CCCCCCCCCCCCCCC(C)C. The van der Waals surface area contributed by atoms with Crippen LogP contribution in [-0.4, -0.2) is 96.7 Å². The van der Waals surface area contributed by atoms with E-state index >= 15 is 0 Å². The van der Waals surface area contributed by atoms with E-state index in [0.717, 1.165) is 120 Å². The summed E-state index contributed by atoms with van der Waals surface area (Å²) < 4.78 is 68.8. The second-order valence-electron chi connectivity index (χ2n) is 31.9. The first kappa shape index (κ1) is 101. The number of ether oxygens (including phenoxy) is 4.